The molecule has 0 aliphatic heterocycles. The number of rotatable bonds is 6. The molecule has 0 atom stereocenters. The number of nitrogens with zero attached hydrogens (tertiary/aromatic N) is 2. The predicted octanol–water partition coefficient (Wildman–Crippen LogP) is 7.19. The van der Waals surface area contributed by atoms with Crippen LogP contribution in [0.15, 0.2) is 110 Å². The molecule has 0 aliphatic rings. The van der Waals surface area contributed by atoms with Crippen LogP contribution in [-0.4, -0.2) is 15.9 Å². The smallest absolute Gasteiger partial charge is 0.343 e. The first kappa shape index (κ1) is 22.0. The van der Waals surface area contributed by atoms with Gasteiger partial charge in [0.25, 0.3) is 0 Å². The van der Waals surface area contributed by atoms with Gasteiger partial charge in [-0.1, -0.05) is 60.7 Å². The first-order chi connectivity index (χ1) is 17.3. The van der Waals surface area contributed by atoms with Crippen LogP contribution in [0.3, 0.4) is 0 Å². The Bertz CT molecular complexity index is 1510. The second-order valence-electron chi connectivity index (χ2n) is 7.94. The van der Waals surface area contributed by atoms with E-state index in [1.165, 1.54) is 0 Å². The molecule has 0 amide bonds. The Kier molecular flexibility index (Phi) is 6.54. The minimum atomic E-state index is -0.389. The highest BCUT2D eigenvalue weighted by atomic mass is 16.5. The third-order valence-electron chi connectivity index (χ3n) is 5.58. The van der Waals surface area contributed by atoms with Crippen LogP contribution in [0.4, 0.5) is 0 Å². The molecule has 5 aromatic rings. The molecule has 0 unspecified atom stereocenters. The fourth-order valence-electron chi connectivity index (χ4n) is 3.77. The molecule has 4 nitrogen and oxygen atoms in total. The van der Waals surface area contributed by atoms with Gasteiger partial charge in [0.2, 0.25) is 0 Å². The number of ether oxygens (including phenoxy) is 1. The number of pyridine rings is 2. The summed E-state index contributed by atoms with van der Waals surface area (Å²) in [5.41, 5.74) is 4.52. The summed E-state index contributed by atoms with van der Waals surface area (Å²) >= 11 is 0. The maximum Gasteiger partial charge on any atom is 0.343 e. The number of carbonyl (C=O) groups excluding carboxylic acids is 1. The lowest BCUT2D eigenvalue weighted by atomic mass is 9.99. The molecule has 0 bridgehead atoms. The summed E-state index contributed by atoms with van der Waals surface area (Å²) < 4.78 is 5.84. The van der Waals surface area contributed by atoms with Crippen molar-refractivity contribution >= 4 is 41.0 Å². The Hall–Kier alpha value is -4.83. The van der Waals surface area contributed by atoms with Gasteiger partial charge in [-0.15, -0.1) is 0 Å². The lowest BCUT2D eigenvalue weighted by Crippen LogP contribution is -2.09. The van der Waals surface area contributed by atoms with Gasteiger partial charge >= 0.3 is 5.97 Å². The summed E-state index contributed by atoms with van der Waals surface area (Å²) in [7, 11) is 0. The van der Waals surface area contributed by atoms with E-state index < -0.39 is 0 Å². The molecule has 4 heteroatoms. The number of esters is 1. The molecule has 2 heterocycles. The molecule has 0 saturated carbocycles. The van der Waals surface area contributed by atoms with Crippen molar-refractivity contribution in [1.29, 1.82) is 0 Å². The molecule has 0 N–H and O–H groups in total. The number of hydrogen-bond donors (Lipinski definition) is 0. The van der Waals surface area contributed by atoms with Crippen molar-refractivity contribution < 1.29 is 9.53 Å². The van der Waals surface area contributed by atoms with Crippen LogP contribution >= 0.6 is 0 Å². The van der Waals surface area contributed by atoms with Crippen LogP contribution in [0.5, 0.6) is 5.75 Å². The fraction of sp³-hybridized carbons (Fsp3) is 0. The highest BCUT2D eigenvalue weighted by Gasteiger charge is 2.13. The lowest BCUT2D eigenvalue weighted by Gasteiger charge is -2.12. The van der Waals surface area contributed by atoms with Crippen molar-refractivity contribution in [2.75, 3.05) is 0 Å². The van der Waals surface area contributed by atoms with Crippen LogP contribution in [0.25, 0.3) is 35.1 Å². The molecule has 0 radical (unpaired) electrons. The molecule has 5 rings (SSSR count). The van der Waals surface area contributed by atoms with Crippen molar-refractivity contribution in [3.63, 3.8) is 0 Å². The van der Waals surface area contributed by atoms with Crippen LogP contribution in [0, 0.1) is 0 Å². The van der Waals surface area contributed by atoms with Crippen molar-refractivity contribution in [2.24, 2.45) is 0 Å². The summed E-state index contributed by atoms with van der Waals surface area (Å²) in [5, 5.41) is 2.05. The molecular formula is C31H22N2O2. The molecule has 0 fully saturated rings. The van der Waals surface area contributed by atoms with E-state index in [-0.39, 0.29) is 5.97 Å². The molecule has 0 saturated heterocycles. The number of hydrogen-bond acceptors (Lipinski definition) is 4. The molecule has 168 valence electrons. The van der Waals surface area contributed by atoms with E-state index >= 15 is 0 Å². The molecule has 2 aromatic heterocycles. The maximum absolute atomic E-state index is 12.8. The van der Waals surface area contributed by atoms with Crippen molar-refractivity contribution in [3.8, 4) is 5.75 Å². The minimum absolute atomic E-state index is 0.389. The van der Waals surface area contributed by atoms with E-state index in [9.17, 15) is 4.79 Å². The summed E-state index contributed by atoms with van der Waals surface area (Å²) in [6, 6.07) is 26.9. The summed E-state index contributed by atoms with van der Waals surface area (Å²) in [5.74, 6) is 0.122. The third-order valence-corrected chi connectivity index (χ3v) is 5.58. The Morgan fingerprint density at radius 3 is 1.94 bits per heavy atom. The summed E-state index contributed by atoms with van der Waals surface area (Å²) in [6.45, 7) is 0. The van der Waals surface area contributed by atoms with Gasteiger partial charge in [-0.2, -0.15) is 0 Å². The van der Waals surface area contributed by atoms with E-state index in [1.54, 1.807) is 36.9 Å². The average Bonchev–Trinajstić information content (AvgIpc) is 2.92. The van der Waals surface area contributed by atoms with Gasteiger partial charge in [0.15, 0.2) is 0 Å². The lowest BCUT2D eigenvalue weighted by molar-refractivity contribution is 0.0734. The zero-order valence-corrected chi connectivity index (χ0v) is 18.9. The monoisotopic (exact) mass is 454 g/mol. The number of carbonyl (C=O) groups is 1. The van der Waals surface area contributed by atoms with Crippen LogP contribution < -0.4 is 4.74 Å². The van der Waals surface area contributed by atoms with Crippen LogP contribution in [0.1, 0.15) is 32.6 Å². The Labute approximate surface area is 203 Å². The zero-order valence-electron chi connectivity index (χ0n) is 18.9. The Morgan fingerprint density at radius 1 is 0.629 bits per heavy atom. The topological polar surface area (TPSA) is 52.1 Å². The normalized spacial score (nSPS) is 11.3. The van der Waals surface area contributed by atoms with E-state index in [4.69, 9.17) is 4.74 Å². The highest BCUT2D eigenvalue weighted by molar-refractivity contribution is 5.98. The summed E-state index contributed by atoms with van der Waals surface area (Å²) in [6.07, 6.45) is 15.2. The van der Waals surface area contributed by atoms with Crippen molar-refractivity contribution in [3.05, 3.63) is 138 Å². The minimum Gasteiger partial charge on any atom is -0.422 e. The van der Waals surface area contributed by atoms with Gasteiger partial charge in [-0.3, -0.25) is 9.97 Å². The SMILES string of the molecule is O=C(Oc1ccc2cc(/C=C/c3ccncc3)ccc2c1/C=C/c1ccncc1)c1ccccc1. The fourth-order valence-corrected chi connectivity index (χ4v) is 3.77. The van der Waals surface area contributed by atoms with Gasteiger partial charge in [-0.25, -0.2) is 4.79 Å². The molecule has 0 spiro atoms. The Balaban J connectivity index is 1.53. The standard InChI is InChI=1S/C31H22N2O2/c34-31(26-4-2-1-3-5-26)35-30-13-10-27-22-25(7-6-23-14-18-32-19-15-23)9-11-28(27)29(30)12-8-24-16-20-33-21-17-24/h1-22H/b7-6+,12-8+. The zero-order chi connectivity index (χ0) is 23.9. The molecule has 0 aliphatic carbocycles. The molecular weight excluding hydrogens is 432 g/mol. The maximum atomic E-state index is 12.8. The van der Waals surface area contributed by atoms with E-state index in [0.29, 0.717) is 11.3 Å². The summed E-state index contributed by atoms with van der Waals surface area (Å²) in [4.78, 5) is 20.9. The number of fused-ring (bicyclic) bond motifs is 1. The molecule has 3 aromatic carbocycles. The Morgan fingerprint density at radius 2 is 1.26 bits per heavy atom. The first-order valence-electron chi connectivity index (χ1n) is 11.3. The van der Waals surface area contributed by atoms with Crippen LogP contribution in [-0.2, 0) is 0 Å². The van der Waals surface area contributed by atoms with Gasteiger partial charge in [0.1, 0.15) is 5.75 Å². The quantitative estimate of drug-likeness (QED) is 0.201. The second-order valence-corrected chi connectivity index (χ2v) is 7.94. The van der Waals surface area contributed by atoms with Gasteiger partial charge in [-0.05, 0) is 76.0 Å². The van der Waals surface area contributed by atoms with Crippen molar-refractivity contribution in [1.82, 2.24) is 9.97 Å². The van der Waals surface area contributed by atoms with E-state index in [1.807, 2.05) is 66.7 Å². The van der Waals surface area contributed by atoms with Crippen LogP contribution in [0.2, 0.25) is 0 Å². The number of aromatic nitrogens is 2. The van der Waals surface area contributed by atoms with Gasteiger partial charge < -0.3 is 4.74 Å². The second kappa shape index (κ2) is 10.4. The highest BCUT2D eigenvalue weighted by Crippen LogP contribution is 2.32. The third kappa shape index (κ3) is 5.40. The first-order valence-corrected chi connectivity index (χ1v) is 11.3. The van der Waals surface area contributed by atoms with E-state index in [2.05, 4.69) is 40.3 Å². The largest absolute Gasteiger partial charge is 0.422 e. The molecule has 35 heavy (non-hydrogen) atoms. The predicted molar refractivity (Wildman–Crippen MR) is 142 cm³/mol. The average molecular weight is 455 g/mol. The van der Waals surface area contributed by atoms with E-state index in [0.717, 1.165) is 33.0 Å². The van der Waals surface area contributed by atoms with Crippen molar-refractivity contribution in [2.45, 2.75) is 0 Å². The number of benzene rings is 3. The van der Waals surface area contributed by atoms with Gasteiger partial charge in [0.05, 0.1) is 5.56 Å². The van der Waals surface area contributed by atoms with Gasteiger partial charge in [0, 0.05) is 30.4 Å².